The van der Waals surface area contributed by atoms with E-state index >= 15 is 0 Å². The average molecular weight is 264 g/mol. The van der Waals surface area contributed by atoms with Gasteiger partial charge in [-0.2, -0.15) is 0 Å². The van der Waals surface area contributed by atoms with Gasteiger partial charge in [-0.3, -0.25) is 4.79 Å². The molecule has 1 aromatic carbocycles. The van der Waals surface area contributed by atoms with Gasteiger partial charge in [-0.25, -0.2) is 0 Å². The molecule has 1 atom stereocenters. The van der Waals surface area contributed by atoms with Crippen LogP contribution in [0.15, 0.2) is 30.9 Å². The topological polar surface area (TPSA) is 59.6 Å². The molecule has 1 amide bonds. The van der Waals surface area contributed by atoms with E-state index in [4.69, 9.17) is 9.47 Å². The Balaban J connectivity index is 2.79. The summed E-state index contributed by atoms with van der Waals surface area (Å²) < 4.78 is 10.4. The summed E-state index contributed by atoms with van der Waals surface area (Å²) >= 11 is 0. The lowest BCUT2D eigenvalue weighted by Gasteiger charge is -2.17. The third kappa shape index (κ3) is 4.21. The van der Waals surface area contributed by atoms with E-state index in [2.05, 4.69) is 17.2 Å². The van der Waals surface area contributed by atoms with Crippen molar-refractivity contribution < 1.29 is 14.3 Å². The third-order valence-electron chi connectivity index (χ3n) is 2.59. The number of amides is 1. The maximum absolute atomic E-state index is 11.8. The molecule has 0 aromatic heterocycles. The van der Waals surface area contributed by atoms with E-state index in [1.54, 1.807) is 45.4 Å². The molecule has 5 heteroatoms. The first kappa shape index (κ1) is 14.9. The van der Waals surface area contributed by atoms with Crippen LogP contribution in [0.3, 0.4) is 0 Å². The Labute approximate surface area is 113 Å². The summed E-state index contributed by atoms with van der Waals surface area (Å²) in [5, 5.41) is 5.82. The molecule has 1 aromatic rings. The van der Waals surface area contributed by atoms with Gasteiger partial charge in [0.1, 0.15) is 17.5 Å². The zero-order valence-electron chi connectivity index (χ0n) is 11.5. The highest BCUT2D eigenvalue weighted by molar-refractivity contribution is 5.84. The number of methoxy groups -OCH3 is 2. The predicted octanol–water partition coefficient (Wildman–Crippen LogP) is 1.81. The molecule has 104 valence electrons. The number of hydrogen-bond donors (Lipinski definition) is 2. The van der Waals surface area contributed by atoms with Crippen LogP contribution in [0.2, 0.25) is 0 Å². The Kier molecular flexibility index (Phi) is 5.73. The highest BCUT2D eigenvalue weighted by Crippen LogP contribution is 2.29. The van der Waals surface area contributed by atoms with Gasteiger partial charge >= 0.3 is 0 Å². The van der Waals surface area contributed by atoms with Gasteiger partial charge in [0.05, 0.1) is 19.9 Å². The van der Waals surface area contributed by atoms with E-state index < -0.39 is 0 Å². The zero-order valence-corrected chi connectivity index (χ0v) is 11.5. The van der Waals surface area contributed by atoms with Crippen molar-refractivity contribution in [3.63, 3.8) is 0 Å². The minimum absolute atomic E-state index is 0.107. The second-order valence-corrected chi connectivity index (χ2v) is 3.97. The fourth-order valence-corrected chi connectivity index (χ4v) is 1.55. The predicted molar refractivity (Wildman–Crippen MR) is 75.8 cm³/mol. The van der Waals surface area contributed by atoms with Crippen molar-refractivity contribution in [1.82, 2.24) is 5.32 Å². The van der Waals surface area contributed by atoms with E-state index in [-0.39, 0.29) is 11.9 Å². The van der Waals surface area contributed by atoms with Gasteiger partial charge in [0.2, 0.25) is 5.91 Å². The van der Waals surface area contributed by atoms with Crippen LogP contribution < -0.4 is 20.1 Å². The van der Waals surface area contributed by atoms with Crippen molar-refractivity contribution in [2.45, 2.75) is 13.0 Å². The second-order valence-electron chi connectivity index (χ2n) is 3.97. The van der Waals surface area contributed by atoms with E-state index in [9.17, 15) is 4.79 Å². The molecule has 5 nitrogen and oxygen atoms in total. The Morgan fingerprint density at radius 1 is 1.42 bits per heavy atom. The summed E-state index contributed by atoms with van der Waals surface area (Å²) in [5.41, 5.74) is 0.711. The van der Waals surface area contributed by atoms with Crippen molar-refractivity contribution >= 4 is 11.6 Å². The molecule has 1 unspecified atom stereocenters. The van der Waals surface area contributed by atoms with Crippen LogP contribution in [-0.4, -0.2) is 32.7 Å². The fraction of sp³-hybridized carbons (Fsp3) is 0.357. The average Bonchev–Trinajstić information content (AvgIpc) is 2.44. The van der Waals surface area contributed by atoms with Gasteiger partial charge in [0.15, 0.2) is 0 Å². The standard InChI is InChI=1S/C14H20N2O3/c1-5-8-15-14(17)10(2)16-12-9-11(18-3)6-7-13(12)19-4/h5-7,9-10,16H,1,8H2,2-4H3,(H,15,17). The Morgan fingerprint density at radius 3 is 2.74 bits per heavy atom. The first-order chi connectivity index (χ1) is 9.12. The van der Waals surface area contributed by atoms with Gasteiger partial charge in [-0.05, 0) is 19.1 Å². The fourth-order valence-electron chi connectivity index (χ4n) is 1.55. The molecule has 0 saturated carbocycles. The lowest BCUT2D eigenvalue weighted by molar-refractivity contribution is -0.121. The molecule has 0 heterocycles. The third-order valence-corrected chi connectivity index (χ3v) is 2.59. The van der Waals surface area contributed by atoms with Crippen LogP contribution in [-0.2, 0) is 4.79 Å². The van der Waals surface area contributed by atoms with E-state index in [0.717, 1.165) is 0 Å². The molecule has 19 heavy (non-hydrogen) atoms. The molecule has 0 aliphatic carbocycles. The second kappa shape index (κ2) is 7.31. The Hall–Kier alpha value is -2.17. The summed E-state index contributed by atoms with van der Waals surface area (Å²) in [5.74, 6) is 1.25. The Morgan fingerprint density at radius 2 is 2.16 bits per heavy atom. The summed E-state index contributed by atoms with van der Waals surface area (Å²) in [7, 11) is 3.17. The number of hydrogen-bond acceptors (Lipinski definition) is 4. The van der Waals surface area contributed by atoms with Gasteiger partial charge < -0.3 is 20.1 Å². The monoisotopic (exact) mass is 264 g/mol. The molecule has 0 radical (unpaired) electrons. The smallest absolute Gasteiger partial charge is 0.242 e. The molecular formula is C14H20N2O3. The van der Waals surface area contributed by atoms with Crippen LogP contribution in [0.4, 0.5) is 5.69 Å². The summed E-state index contributed by atoms with van der Waals surface area (Å²) in [6.07, 6.45) is 1.64. The molecule has 0 saturated heterocycles. The maximum atomic E-state index is 11.8. The molecular weight excluding hydrogens is 244 g/mol. The first-order valence-electron chi connectivity index (χ1n) is 5.99. The highest BCUT2D eigenvalue weighted by Gasteiger charge is 2.14. The number of carbonyl (C=O) groups excluding carboxylic acids is 1. The van der Waals surface area contributed by atoms with Crippen LogP contribution >= 0.6 is 0 Å². The van der Waals surface area contributed by atoms with Crippen molar-refractivity contribution in [3.8, 4) is 11.5 Å². The lowest BCUT2D eigenvalue weighted by atomic mass is 10.2. The van der Waals surface area contributed by atoms with Crippen LogP contribution in [0, 0.1) is 0 Å². The van der Waals surface area contributed by atoms with E-state index in [1.807, 2.05) is 0 Å². The number of benzene rings is 1. The van der Waals surface area contributed by atoms with Crippen molar-refractivity contribution in [2.75, 3.05) is 26.1 Å². The normalized spacial score (nSPS) is 11.3. The summed E-state index contributed by atoms with van der Waals surface area (Å²) in [4.78, 5) is 11.8. The van der Waals surface area contributed by atoms with Crippen molar-refractivity contribution in [3.05, 3.63) is 30.9 Å². The van der Waals surface area contributed by atoms with Gasteiger partial charge in [0, 0.05) is 12.6 Å². The zero-order chi connectivity index (χ0) is 14.3. The minimum Gasteiger partial charge on any atom is -0.497 e. The summed E-state index contributed by atoms with van der Waals surface area (Å²) in [6, 6.07) is 4.99. The largest absolute Gasteiger partial charge is 0.497 e. The van der Waals surface area contributed by atoms with E-state index in [0.29, 0.717) is 23.7 Å². The van der Waals surface area contributed by atoms with Crippen LogP contribution in [0.5, 0.6) is 11.5 Å². The molecule has 0 aliphatic heterocycles. The number of nitrogens with one attached hydrogen (secondary N) is 2. The number of rotatable bonds is 7. The van der Waals surface area contributed by atoms with Crippen molar-refractivity contribution in [2.24, 2.45) is 0 Å². The van der Waals surface area contributed by atoms with Crippen LogP contribution in [0.1, 0.15) is 6.92 Å². The van der Waals surface area contributed by atoms with Crippen molar-refractivity contribution in [1.29, 1.82) is 0 Å². The molecule has 0 fully saturated rings. The molecule has 0 aliphatic rings. The number of ether oxygens (including phenoxy) is 2. The quantitative estimate of drug-likeness (QED) is 0.737. The molecule has 0 bridgehead atoms. The summed E-state index contributed by atoms with van der Waals surface area (Å²) in [6.45, 7) is 5.77. The number of anilines is 1. The highest BCUT2D eigenvalue weighted by atomic mass is 16.5. The first-order valence-corrected chi connectivity index (χ1v) is 5.99. The Bertz CT molecular complexity index is 446. The minimum atomic E-state index is -0.388. The maximum Gasteiger partial charge on any atom is 0.242 e. The molecule has 0 spiro atoms. The molecule has 1 rings (SSSR count). The molecule has 2 N–H and O–H groups in total. The lowest BCUT2D eigenvalue weighted by Crippen LogP contribution is -2.37. The number of carbonyl (C=O) groups is 1. The van der Waals surface area contributed by atoms with Gasteiger partial charge in [-0.15, -0.1) is 6.58 Å². The SMILES string of the molecule is C=CCNC(=O)C(C)Nc1cc(OC)ccc1OC. The van der Waals surface area contributed by atoms with E-state index in [1.165, 1.54) is 0 Å². The van der Waals surface area contributed by atoms with Gasteiger partial charge in [-0.1, -0.05) is 6.08 Å². The van der Waals surface area contributed by atoms with Gasteiger partial charge in [0.25, 0.3) is 0 Å². The van der Waals surface area contributed by atoms with Crippen LogP contribution in [0.25, 0.3) is 0 Å².